The van der Waals surface area contributed by atoms with Crippen LogP contribution in [-0.4, -0.2) is 61.9 Å². The van der Waals surface area contributed by atoms with Crippen LogP contribution in [0.4, 0.5) is 5.69 Å². The Balaban J connectivity index is 1.64. The summed E-state index contributed by atoms with van der Waals surface area (Å²) >= 11 is 0. The Morgan fingerprint density at radius 1 is 0.741 bits per heavy atom. The van der Waals surface area contributed by atoms with Crippen LogP contribution in [0.25, 0.3) is 0 Å². The summed E-state index contributed by atoms with van der Waals surface area (Å²) in [5.74, 6) is 0.0737. The molecule has 0 aliphatic carbocycles. The Labute approximate surface area is 161 Å². The molecule has 1 saturated heterocycles. The molecule has 2 aromatic rings. The molecule has 1 fully saturated rings. The molecular weight excluding hydrogens is 338 g/mol. The lowest BCUT2D eigenvalue weighted by atomic mass is 10.1. The van der Waals surface area contributed by atoms with Crippen molar-refractivity contribution in [1.82, 2.24) is 9.80 Å². The van der Waals surface area contributed by atoms with Gasteiger partial charge in [-0.1, -0.05) is 17.7 Å². The largest absolute Gasteiger partial charge is 0.378 e. The zero-order valence-electron chi connectivity index (χ0n) is 16.3. The van der Waals surface area contributed by atoms with E-state index in [1.54, 1.807) is 0 Å². The van der Waals surface area contributed by atoms with Crippen molar-refractivity contribution in [2.75, 3.05) is 45.2 Å². The van der Waals surface area contributed by atoms with E-state index in [0.717, 1.165) is 17.7 Å². The van der Waals surface area contributed by atoms with E-state index >= 15 is 0 Å². The summed E-state index contributed by atoms with van der Waals surface area (Å²) in [6.07, 6.45) is 0.791. The SMILES string of the molecule is Cc1ccc(C(=O)N2CCCN(C(=O)c3ccc(N(C)C)cc3)CC2)cc1. The molecule has 0 aromatic heterocycles. The summed E-state index contributed by atoms with van der Waals surface area (Å²) in [7, 11) is 3.95. The van der Waals surface area contributed by atoms with Gasteiger partial charge in [-0.3, -0.25) is 9.59 Å². The van der Waals surface area contributed by atoms with Crippen LogP contribution in [0.1, 0.15) is 32.7 Å². The van der Waals surface area contributed by atoms with Crippen molar-refractivity contribution in [2.45, 2.75) is 13.3 Å². The first-order valence-corrected chi connectivity index (χ1v) is 9.38. The molecule has 1 heterocycles. The molecule has 0 unspecified atom stereocenters. The van der Waals surface area contributed by atoms with Crippen LogP contribution in [0.3, 0.4) is 0 Å². The van der Waals surface area contributed by atoms with E-state index in [-0.39, 0.29) is 11.8 Å². The number of rotatable bonds is 3. The predicted octanol–water partition coefficient (Wildman–Crippen LogP) is 3.05. The van der Waals surface area contributed by atoms with Crippen LogP contribution in [-0.2, 0) is 0 Å². The van der Waals surface area contributed by atoms with Gasteiger partial charge in [0.25, 0.3) is 11.8 Å². The van der Waals surface area contributed by atoms with Gasteiger partial charge in [0, 0.05) is 57.1 Å². The van der Waals surface area contributed by atoms with Gasteiger partial charge in [0.15, 0.2) is 0 Å². The van der Waals surface area contributed by atoms with Crippen LogP contribution < -0.4 is 4.90 Å². The van der Waals surface area contributed by atoms with Gasteiger partial charge in [0.2, 0.25) is 0 Å². The minimum Gasteiger partial charge on any atom is -0.378 e. The summed E-state index contributed by atoms with van der Waals surface area (Å²) in [5, 5.41) is 0. The Bertz CT molecular complexity index is 797. The third-order valence-electron chi connectivity index (χ3n) is 5.00. The molecule has 0 atom stereocenters. The molecule has 0 N–H and O–H groups in total. The maximum absolute atomic E-state index is 12.8. The standard InChI is InChI=1S/C22H27N3O2/c1-17-5-7-18(8-6-17)21(26)24-13-4-14-25(16-15-24)22(27)19-9-11-20(12-10-19)23(2)3/h5-12H,4,13-16H2,1-3H3. The Morgan fingerprint density at radius 2 is 1.19 bits per heavy atom. The number of hydrogen-bond donors (Lipinski definition) is 0. The lowest BCUT2D eigenvalue weighted by Crippen LogP contribution is -2.37. The normalized spacial score (nSPS) is 14.6. The van der Waals surface area contributed by atoms with Gasteiger partial charge in [-0.25, -0.2) is 0 Å². The number of hydrogen-bond acceptors (Lipinski definition) is 3. The predicted molar refractivity (Wildman–Crippen MR) is 108 cm³/mol. The fraction of sp³-hybridized carbons (Fsp3) is 0.364. The van der Waals surface area contributed by atoms with E-state index in [1.807, 2.05) is 84.2 Å². The number of carbonyl (C=O) groups is 2. The van der Waals surface area contributed by atoms with Crippen LogP contribution in [0.2, 0.25) is 0 Å². The fourth-order valence-corrected chi connectivity index (χ4v) is 3.29. The van der Waals surface area contributed by atoms with E-state index in [1.165, 1.54) is 0 Å². The van der Waals surface area contributed by atoms with Crippen molar-refractivity contribution in [3.05, 3.63) is 65.2 Å². The fourth-order valence-electron chi connectivity index (χ4n) is 3.29. The van der Waals surface area contributed by atoms with Crippen LogP contribution in [0, 0.1) is 6.92 Å². The summed E-state index contributed by atoms with van der Waals surface area (Å²) in [4.78, 5) is 31.3. The van der Waals surface area contributed by atoms with Crippen molar-refractivity contribution in [3.8, 4) is 0 Å². The van der Waals surface area contributed by atoms with Gasteiger partial charge in [-0.05, 0) is 49.7 Å². The van der Waals surface area contributed by atoms with Crippen molar-refractivity contribution in [2.24, 2.45) is 0 Å². The molecule has 2 aromatic carbocycles. The average molecular weight is 365 g/mol. The van der Waals surface area contributed by atoms with Crippen LogP contribution >= 0.6 is 0 Å². The second-order valence-electron chi connectivity index (χ2n) is 7.25. The van der Waals surface area contributed by atoms with Crippen LogP contribution in [0.15, 0.2) is 48.5 Å². The van der Waals surface area contributed by atoms with E-state index in [2.05, 4.69) is 0 Å². The molecule has 5 nitrogen and oxygen atoms in total. The van der Waals surface area contributed by atoms with Gasteiger partial charge in [-0.15, -0.1) is 0 Å². The Morgan fingerprint density at radius 3 is 1.63 bits per heavy atom. The molecule has 5 heteroatoms. The molecule has 27 heavy (non-hydrogen) atoms. The van der Waals surface area contributed by atoms with Gasteiger partial charge in [0.05, 0.1) is 0 Å². The average Bonchev–Trinajstić information content (AvgIpc) is 2.94. The van der Waals surface area contributed by atoms with Gasteiger partial charge in [-0.2, -0.15) is 0 Å². The highest BCUT2D eigenvalue weighted by Crippen LogP contribution is 2.16. The first-order chi connectivity index (χ1) is 13.0. The Kier molecular flexibility index (Phi) is 5.79. The summed E-state index contributed by atoms with van der Waals surface area (Å²) in [5.41, 5.74) is 3.61. The van der Waals surface area contributed by atoms with Crippen molar-refractivity contribution in [3.63, 3.8) is 0 Å². The molecule has 1 aliphatic rings. The maximum atomic E-state index is 12.8. The Hall–Kier alpha value is -2.82. The highest BCUT2D eigenvalue weighted by atomic mass is 16.2. The van der Waals surface area contributed by atoms with Crippen molar-refractivity contribution < 1.29 is 9.59 Å². The first-order valence-electron chi connectivity index (χ1n) is 9.38. The van der Waals surface area contributed by atoms with Gasteiger partial charge >= 0.3 is 0 Å². The first kappa shape index (κ1) is 19.0. The molecular formula is C22H27N3O2. The number of aryl methyl sites for hydroxylation is 1. The van der Waals surface area contributed by atoms with E-state index < -0.39 is 0 Å². The number of amides is 2. The van der Waals surface area contributed by atoms with Crippen molar-refractivity contribution in [1.29, 1.82) is 0 Å². The molecule has 0 saturated carbocycles. The zero-order valence-corrected chi connectivity index (χ0v) is 16.3. The smallest absolute Gasteiger partial charge is 0.253 e. The molecule has 0 radical (unpaired) electrons. The quantitative estimate of drug-likeness (QED) is 0.840. The number of anilines is 1. The second kappa shape index (κ2) is 8.25. The summed E-state index contributed by atoms with van der Waals surface area (Å²) < 4.78 is 0. The van der Waals surface area contributed by atoms with Gasteiger partial charge in [0.1, 0.15) is 0 Å². The third-order valence-corrected chi connectivity index (χ3v) is 5.00. The second-order valence-corrected chi connectivity index (χ2v) is 7.25. The molecule has 1 aliphatic heterocycles. The summed E-state index contributed by atoms with van der Waals surface area (Å²) in [6, 6.07) is 15.3. The summed E-state index contributed by atoms with van der Waals surface area (Å²) in [6.45, 7) is 4.48. The van der Waals surface area contributed by atoms with E-state index in [4.69, 9.17) is 0 Å². The minimum atomic E-state index is 0.0324. The highest BCUT2D eigenvalue weighted by molar-refractivity contribution is 5.95. The molecule has 0 bridgehead atoms. The van der Waals surface area contributed by atoms with Gasteiger partial charge < -0.3 is 14.7 Å². The third kappa shape index (κ3) is 4.48. The lowest BCUT2D eigenvalue weighted by molar-refractivity contribution is 0.0719. The van der Waals surface area contributed by atoms with E-state index in [0.29, 0.717) is 37.3 Å². The number of nitrogens with zero attached hydrogens (tertiary/aromatic N) is 3. The maximum Gasteiger partial charge on any atom is 0.253 e. The molecule has 2 amide bonds. The monoisotopic (exact) mass is 365 g/mol. The molecule has 142 valence electrons. The van der Waals surface area contributed by atoms with Crippen molar-refractivity contribution >= 4 is 17.5 Å². The van der Waals surface area contributed by atoms with Crippen LogP contribution in [0.5, 0.6) is 0 Å². The molecule has 3 rings (SSSR count). The van der Waals surface area contributed by atoms with E-state index in [9.17, 15) is 9.59 Å². The molecule has 0 spiro atoms. The zero-order chi connectivity index (χ0) is 19.4. The number of carbonyl (C=O) groups excluding carboxylic acids is 2. The number of benzene rings is 2. The highest BCUT2D eigenvalue weighted by Gasteiger charge is 2.23. The topological polar surface area (TPSA) is 43.9 Å². The minimum absolute atomic E-state index is 0.0324. The lowest BCUT2D eigenvalue weighted by Gasteiger charge is -2.22.